The van der Waals surface area contributed by atoms with E-state index < -0.39 is 0 Å². The number of rotatable bonds is 6. The molecule has 0 radical (unpaired) electrons. The molecule has 6 nitrogen and oxygen atoms in total. The molecule has 16 heavy (non-hydrogen) atoms. The Labute approximate surface area is 94.9 Å². The van der Waals surface area contributed by atoms with Gasteiger partial charge in [-0.15, -0.1) is 0 Å². The summed E-state index contributed by atoms with van der Waals surface area (Å²) in [6.07, 6.45) is 1.99. The number of nitrogens with two attached hydrogens (primary N) is 1. The number of hydrogen-bond acceptors (Lipinski definition) is 4. The molecule has 0 atom stereocenters. The Morgan fingerprint density at radius 3 is 2.62 bits per heavy atom. The molecule has 0 spiro atoms. The van der Waals surface area contributed by atoms with Gasteiger partial charge in [-0.1, -0.05) is 0 Å². The van der Waals surface area contributed by atoms with E-state index in [-0.39, 0.29) is 30.8 Å². The molecular weight excluding hydrogens is 210 g/mol. The maximum absolute atomic E-state index is 11.4. The fourth-order valence-electron chi connectivity index (χ4n) is 1.53. The van der Waals surface area contributed by atoms with Gasteiger partial charge in [-0.3, -0.25) is 9.59 Å². The minimum Gasteiger partial charge on any atom is -0.381 e. The van der Waals surface area contributed by atoms with Gasteiger partial charge in [0.05, 0.1) is 6.54 Å². The van der Waals surface area contributed by atoms with Crippen LogP contribution in [0.5, 0.6) is 0 Å². The van der Waals surface area contributed by atoms with Crippen molar-refractivity contribution < 1.29 is 14.3 Å². The Balaban J connectivity index is 2.03. The first-order chi connectivity index (χ1) is 7.68. The second kappa shape index (κ2) is 7.19. The number of nitrogens with one attached hydrogen (secondary N) is 2. The highest BCUT2D eigenvalue weighted by molar-refractivity contribution is 5.78. The maximum atomic E-state index is 11.4. The third-order valence-corrected chi connectivity index (χ3v) is 2.42. The van der Waals surface area contributed by atoms with Gasteiger partial charge in [0.2, 0.25) is 11.8 Å². The van der Waals surface area contributed by atoms with E-state index >= 15 is 0 Å². The van der Waals surface area contributed by atoms with Crippen LogP contribution in [0.25, 0.3) is 0 Å². The summed E-state index contributed by atoms with van der Waals surface area (Å²) in [5.74, 6) is -0.409. The molecule has 1 saturated heterocycles. The second-order valence-corrected chi connectivity index (χ2v) is 3.85. The van der Waals surface area contributed by atoms with Crippen molar-refractivity contribution in [2.75, 3.05) is 26.3 Å². The lowest BCUT2D eigenvalue weighted by atomic mass is 10.1. The van der Waals surface area contributed by atoms with Gasteiger partial charge in [0.25, 0.3) is 0 Å². The van der Waals surface area contributed by atoms with Gasteiger partial charge < -0.3 is 21.1 Å². The predicted molar refractivity (Wildman–Crippen MR) is 58.7 cm³/mol. The van der Waals surface area contributed by atoms with Crippen LogP contribution in [0.2, 0.25) is 0 Å². The average Bonchev–Trinajstić information content (AvgIpc) is 2.25. The Bertz CT molecular complexity index is 239. The van der Waals surface area contributed by atoms with Crippen LogP contribution < -0.4 is 16.4 Å². The standard InChI is InChI=1S/C10H19N3O3/c11-9(14)1-4-12-7-10(15)13-8-2-5-16-6-3-8/h8,12H,1-7H2,(H2,11,14)(H,13,15). The minimum atomic E-state index is -0.364. The first kappa shape index (κ1) is 12.9. The van der Waals surface area contributed by atoms with Gasteiger partial charge in [-0.05, 0) is 12.8 Å². The molecule has 1 aliphatic heterocycles. The molecular formula is C10H19N3O3. The van der Waals surface area contributed by atoms with Gasteiger partial charge in [0, 0.05) is 32.2 Å². The lowest BCUT2D eigenvalue weighted by Crippen LogP contribution is -2.43. The molecule has 0 aliphatic carbocycles. The number of amides is 2. The zero-order chi connectivity index (χ0) is 11.8. The molecule has 1 fully saturated rings. The summed E-state index contributed by atoms with van der Waals surface area (Å²) >= 11 is 0. The third kappa shape index (κ3) is 5.67. The van der Waals surface area contributed by atoms with Crippen LogP contribution >= 0.6 is 0 Å². The number of carbonyl (C=O) groups is 2. The summed E-state index contributed by atoms with van der Waals surface area (Å²) in [5, 5.41) is 5.77. The molecule has 1 heterocycles. The molecule has 0 aromatic carbocycles. The van der Waals surface area contributed by atoms with Crippen molar-refractivity contribution in [3.63, 3.8) is 0 Å². The number of primary amides is 1. The fourth-order valence-corrected chi connectivity index (χ4v) is 1.53. The van der Waals surface area contributed by atoms with E-state index in [9.17, 15) is 9.59 Å². The van der Waals surface area contributed by atoms with Crippen LogP contribution in [0.1, 0.15) is 19.3 Å². The molecule has 1 rings (SSSR count). The highest BCUT2D eigenvalue weighted by atomic mass is 16.5. The zero-order valence-electron chi connectivity index (χ0n) is 9.33. The molecule has 92 valence electrons. The summed E-state index contributed by atoms with van der Waals surface area (Å²) in [5.41, 5.74) is 4.97. The van der Waals surface area contributed by atoms with Crippen molar-refractivity contribution in [3.05, 3.63) is 0 Å². The van der Waals surface area contributed by atoms with Crippen LogP contribution in [-0.2, 0) is 14.3 Å². The first-order valence-corrected chi connectivity index (χ1v) is 5.54. The minimum absolute atomic E-state index is 0.0450. The van der Waals surface area contributed by atoms with Crippen molar-refractivity contribution in [1.82, 2.24) is 10.6 Å². The third-order valence-electron chi connectivity index (χ3n) is 2.42. The Morgan fingerprint density at radius 2 is 2.00 bits per heavy atom. The monoisotopic (exact) mass is 229 g/mol. The molecule has 6 heteroatoms. The summed E-state index contributed by atoms with van der Waals surface area (Å²) in [6.45, 7) is 2.08. The Hall–Kier alpha value is -1.14. The van der Waals surface area contributed by atoms with Gasteiger partial charge in [0.15, 0.2) is 0 Å². The zero-order valence-corrected chi connectivity index (χ0v) is 9.33. The smallest absolute Gasteiger partial charge is 0.234 e. The van der Waals surface area contributed by atoms with Crippen molar-refractivity contribution >= 4 is 11.8 Å². The number of hydrogen-bond donors (Lipinski definition) is 3. The lowest BCUT2D eigenvalue weighted by molar-refractivity contribution is -0.122. The maximum Gasteiger partial charge on any atom is 0.234 e. The molecule has 0 saturated carbocycles. The normalized spacial score (nSPS) is 17.0. The summed E-state index contributed by atoms with van der Waals surface area (Å²) < 4.78 is 5.19. The Morgan fingerprint density at radius 1 is 1.31 bits per heavy atom. The highest BCUT2D eigenvalue weighted by Gasteiger charge is 2.15. The van der Waals surface area contributed by atoms with Crippen LogP contribution in [0, 0.1) is 0 Å². The number of carbonyl (C=O) groups excluding carboxylic acids is 2. The van der Waals surface area contributed by atoms with E-state index in [0.29, 0.717) is 19.8 Å². The van der Waals surface area contributed by atoms with E-state index in [4.69, 9.17) is 10.5 Å². The first-order valence-electron chi connectivity index (χ1n) is 5.54. The van der Waals surface area contributed by atoms with Crippen molar-refractivity contribution in [2.45, 2.75) is 25.3 Å². The van der Waals surface area contributed by atoms with Crippen LogP contribution in [0.3, 0.4) is 0 Å². The second-order valence-electron chi connectivity index (χ2n) is 3.85. The topological polar surface area (TPSA) is 93.5 Å². The van der Waals surface area contributed by atoms with E-state index in [2.05, 4.69) is 10.6 Å². The highest BCUT2D eigenvalue weighted by Crippen LogP contribution is 2.05. The van der Waals surface area contributed by atoms with Crippen molar-refractivity contribution in [2.24, 2.45) is 5.73 Å². The van der Waals surface area contributed by atoms with E-state index in [0.717, 1.165) is 12.8 Å². The molecule has 1 aliphatic rings. The SMILES string of the molecule is NC(=O)CCNCC(=O)NC1CCOCC1. The lowest BCUT2D eigenvalue weighted by Gasteiger charge is -2.23. The molecule has 0 bridgehead atoms. The summed E-state index contributed by atoms with van der Waals surface area (Å²) in [7, 11) is 0. The average molecular weight is 229 g/mol. The van der Waals surface area contributed by atoms with Gasteiger partial charge >= 0.3 is 0 Å². The van der Waals surface area contributed by atoms with E-state index in [1.165, 1.54) is 0 Å². The largest absolute Gasteiger partial charge is 0.381 e. The Kier molecular flexibility index (Phi) is 5.81. The van der Waals surface area contributed by atoms with Crippen molar-refractivity contribution in [1.29, 1.82) is 0 Å². The van der Waals surface area contributed by atoms with Gasteiger partial charge in [0.1, 0.15) is 0 Å². The van der Waals surface area contributed by atoms with E-state index in [1.54, 1.807) is 0 Å². The van der Waals surface area contributed by atoms with Crippen molar-refractivity contribution in [3.8, 4) is 0 Å². The fraction of sp³-hybridized carbons (Fsp3) is 0.800. The predicted octanol–water partition coefficient (Wildman–Crippen LogP) is -1.25. The van der Waals surface area contributed by atoms with Crippen LogP contribution in [0.4, 0.5) is 0 Å². The molecule has 0 aromatic heterocycles. The van der Waals surface area contributed by atoms with Gasteiger partial charge in [-0.25, -0.2) is 0 Å². The molecule has 0 aromatic rings. The summed E-state index contributed by atoms with van der Waals surface area (Å²) in [4.78, 5) is 21.9. The molecule has 0 unspecified atom stereocenters. The number of ether oxygens (including phenoxy) is 1. The summed E-state index contributed by atoms with van der Waals surface area (Å²) in [6, 6.07) is 0.221. The van der Waals surface area contributed by atoms with Gasteiger partial charge in [-0.2, -0.15) is 0 Å². The van der Waals surface area contributed by atoms with E-state index in [1.807, 2.05) is 0 Å². The molecule has 4 N–H and O–H groups in total. The quantitative estimate of drug-likeness (QED) is 0.496. The van der Waals surface area contributed by atoms with Crippen LogP contribution in [-0.4, -0.2) is 44.2 Å². The van der Waals surface area contributed by atoms with Crippen LogP contribution in [0.15, 0.2) is 0 Å². The molecule has 2 amide bonds.